The number of fused-ring (bicyclic) bond motifs is 1. The molecule has 21 heavy (non-hydrogen) atoms. The van der Waals surface area contributed by atoms with E-state index in [1.807, 2.05) is 11.1 Å². The van der Waals surface area contributed by atoms with Gasteiger partial charge >= 0.3 is 0 Å². The number of aliphatic hydroxyl groups is 1. The number of rotatable bonds is 3. The van der Waals surface area contributed by atoms with Crippen LogP contribution in [0.2, 0.25) is 0 Å². The molecule has 0 bridgehead atoms. The monoisotopic (exact) mass is 289 g/mol. The Morgan fingerprint density at radius 1 is 1.48 bits per heavy atom. The van der Waals surface area contributed by atoms with Crippen LogP contribution in [0.1, 0.15) is 25.7 Å². The molecule has 0 aromatic heterocycles. The highest BCUT2D eigenvalue weighted by atomic mass is 16.3. The van der Waals surface area contributed by atoms with Gasteiger partial charge in [-0.1, -0.05) is 5.11 Å². The molecule has 2 atom stereocenters. The van der Waals surface area contributed by atoms with Gasteiger partial charge in [-0.2, -0.15) is 0 Å². The molecule has 7 heteroatoms. The van der Waals surface area contributed by atoms with Gasteiger partial charge in [0.25, 0.3) is 0 Å². The van der Waals surface area contributed by atoms with Crippen LogP contribution in [0, 0.1) is 5.92 Å². The SMILES string of the molecule is CN1C(=O)C(N=[N+]=[N-])CCC2=CN(CC3CC3)C(O)C=C21. The van der Waals surface area contributed by atoms with E-state index >= 15 is 0 Å². The normalized spacial score (nSPS) is 29.1. The number of nitrogens with zero attached hydrogens (tertiary/aromatic N) is 5. The maximum atomic E-state index is 12.3. The average molecular weight is 289 g/mol. The molecule has 0 aromatic rings. The number of amides is 1. The number of likely N-dealkylation sites (N-methyl/N-ethyl adjacent to an activating group) is 1. The molecule has 1 saturated carbocycles. The van der Waals surface area contributed by atoms with Crippen molar-refractivity contribution in [1.29, 1.82) is 0 Å². The van der Waals surface area contributed by atoms with Crippen molar-refractivity contribution in [3.63, 3.8) is 0 Å². The molecule has 3 rings (SSSR count). The number of hydrogen-bond acceptors (Lipinski definition) is 4. The third-order valence-electron chi connectivity index (χ3n) is 4.32. The largest absolute Gasteiger partial charge is 0.370 e. The van der Waals surface area contributed by atoms with Gasteiger partial charge in [-0.15, -0.1) is 0 Å². The Labute approximate surface area is 123 Å². The Morgan fingerprint density at radius 2 is 2.24 bits per heavy atom. The van der Waals surface area contributed by atoms with E-state index in [0.717, 1.165) is 17.8 Å². The molecular weight excluding hydrogens is 270 g/mol. The molecule has 7 nitrogen and oxygen atoms in total. The number of carbonyl (C=O) groups is 1. The Morgan fingerprint density at radius 3 is 2.90 bits per heavy atom. The molecule has 0 spiro atoms. The second-order valence-corrected chi connectivity index (χ2v) is 5.92. The van der Waals surface area contributed by atoms with Crippen LogP contribution in [0.4, 0.5) is 0 Å². The maximum absolute atomic E-state index is 12.3. The minimum Gasteiger partial charge on any atom is -0.370 e. The molecule has 112 valence electrons. The summed E-state index contributed by atoms with van der Waals surface area (Å²) in [5, 5.41) is 13.8. The van der Waals surface area contributed by atoms with Crippen LogP contribution in [-0.2, 0) is 4.79 Å². The van der Waals surface area contributed by atoms with E-state index in [1.54, 1.807) is 13.1 Å². The molecule has 1 aliphatic carbocycles. The van der Waals surface area contributed by atoms with Gasteiger partial charge in [0.2, 0.25) is 5.91 Å². The summed E-state index contributed by atoms with van der Waals surface area (Å²) in [5.74, 6) is 0.456. The fourth-order valence-electron chi connectivity index (χ4n) is 2.89. The first-order chi connectivity index (χ1) is 10.1. The van der Waals surface area contributed by atoms with E-state index in [9.17, 15) is 9.90 Å². The number of carbonyl (C=O) groups excluding carboxylic acids is 1. The topological polar surface area (TPSA) is 92.5 Å². The van der Waals surface area contributed by atoms with Crippen LogP contribution in [0.5, 0.6) is 0 Å². The quantitative estimate of drug-likeness (QED) is 0.487. The minimum absolute atomic E-state index is 0.217. The predicted octanol–water partition coefficient (Wildman–Crippen LogP) is 1.73. The first-order valence-electron chi connectivity index (χ1n) is 7.28. The van der Waals surface area contributed by atoms with Crippen LogP contribution in [0.25, 0.3) is 10.4 Å². The van der Waals surface area contributed by atoms with E-state index in [4.69, 9.17) is 5.53 Å². The van der Waals surface area contributed by atoms with Gasteiger partial charge in [-0.3, -0.25) is 4.79 Å². The van der Waals surface area contributed by atoms with Gasteiger partial charge < -0.3 is 14.9 Å². The van der Waals surface area contributed by atoms with E-state index in [1.165, 1.54) is 17.7 Å². The van der Waals surface area contributed by atoms with Gasteiger partial charge in [0.05, 0.1) is 0 Å². The van der Waals surface area contributed by atoms with E-state index in [-0.39, 0.29) is 5.91 Å². The summed E-state index contributed by atoms with van der Waals surface area (Å²) in [7, 11) is 1.66. The van der Waals surface area contributed by atoms with E-state index in [2.05, 4.69) is 10.0 Å². The van der Waals surface area contributed by atoms with Crippen molar-refractivity contribution in [2.45, 2.75) is 38.0 Å². The summed E-state index contributed by atoms with van der Waals surface area (Å²) in [6.45, 7) is 0.853. The molecule has 2 unspecified atom stereocenters. The van der Waals surface area contributed by atoms with Gasteiger partial charge in [0.1, 0.15) is 12.3 Å². The summed E-state index contributed by atoms with van der Waals surface area (Å²) in [6, 6.07) is -0.665. The summed E-state index contributed by atoms with van der Waals surface area (Å²) in [5.41, 5.74) is 10.3. The van der Waals surface area contributed by atoms with Crippen molar-refractivity contribution < 1.29 is 9.90 Å². The van der Waals surface area contributed by atoms with Gasteiger partial charge in [-0.05, 0) is 48.8 Å². The Kier molecular flexibility index (Phi) is 3.61. The number of azide groups is 1. The predicted molar refractivity (Wildman–Crippen MR) is 76.5 cm³/mol. The number of hydrogen-bond donors (Lipinski definition) is 1. The van der Waals surface area contributed by atoms with Crippen LogP contribution in [0.3, 0.4) is 0 Å². The lowest BCUT2D eigenvalue weighted by Crippen LogP contribution is -2.38. The van der Waals surface area contributed by atoms with Crippen molar-refractivity contribution in [2.24, 2.45) is 11.0 Å². The molecule has 3 aliphatic rings. The van der Waals surface area contributed by atoms with Crippen LogP contribution in [0.15, 0.2) is 28.7 Å². The third-order valence-corrected chi connectivity index (χ3v) is 4.32. The summed E-state index contributed by atoms with van der Waals surface area (Å²) < 4.78 is 0. The lowest BCUT2D eigenvalue weighted by molar-refractivity contribution is -0.129. The Balaban J connectivity index is 1.86. The zero-order valence-corrected chi connectivity index (χ0v) is 12.0. The number of allylic oxidation sites excluding steroid dienone is 1. The zero-order valence-electron chi connectivity index (χ0n) is 12.0. The smallest absolute Gasteiger partial charge is 0.235 e. The minimum atomic E-state index is -0.699. The molecule has 0 aromatic carbocycles. The molecule has 0 radical (unpaired) electrons. The molecule has 2 aliphatic heterocycles. The van der Waals surface area contributed by atoms with Crippen LogP contribution in [-0.4, -0.2) is 46.7 Å². The van der Waals surface area contributed by atoms with Crippen molar-refractivity contribution in [1.82, 2.24) is 9.80 Å². The van der Waals surface area contributed by atoms with Crippen LogP contribution >= 0.6 is 0 Å². The van der Waals surface area contributed by atoms with Gasteiger partial charge in [0.15, 0.2) is 0 Å². The second kappa shape index (κ2) is 5.42. The van der Waals surface area contributed by atoms with Gasteiger partial charge in [0, 0.05) is 30.4 Å². The highest BCUT2D eigenvalue weighted by Gasteiger charge is 2.33. The molecule has 1 amide bonds. The zero-order chi connectivity index (χ0) is 15.0. The van der Waals surface area contributed by atoms with Crippen LogP contribution < -0.4 is 0 Å². The maximum Gasteiger partial charge on any atom is 0.235 e. The molecule has 2 fully saturated rings. The Hall–Kier alpha value is -1.98. The first kappa shape index (κ1) is 14.0. The summed E-state index contributed by atoms with van der Waals surface area (Å²) in [6.07, 6.45) is 6.59. The van der Waals surface area contributed by atoms with Crippen molar-refractivity contribution in [2.75, 3.05) is 13.6 Å². The van der Waals surface area contributed by atoms with Crippen molar-refractivity contribution >= 4 is 5.91 Å². The van der Waals surface area contributed by atoms with Crippen molar-refractivity contribution in [3.05, 3.63) is 34.0 Å². The summed E-state index contributed by atoms with van der Waals surface area (Å²) in [4.78, 5) is 18.5. The van der Waals surface area contributed by atoms with Crippen molar-refractivity contribution in [3.8, 4) is 0 Å². The van der Waals surface area contributed by atoms with E-state index < -0.39 is 12.3 Å². The molecule has 1 saturated heterocycles. The Bertz CT molecular complexity index is 560. The first-order valence-corrected chi connectivity index (χ1v) is 7.28. The lowest BCUT2D eigenvalue weighted by Gasteiger charge is -2.33. The fourth-order valence-corrected chi connectivity index (χ4v) is 2.89. The molecule has 1 N–H and O–H groups in total. The second-order valence-electron chi connectivity index (χ2n) is 5.92. The highest BCUT2D eigenvalue weighted by molar-refractivity contribution is 5.85. The average Bonchev–Trinajstić information content (AvgIpc) is 3.28. The summed E-state index contributed by atoms with van der Waals surface area (Å²) >= 11 is 0. The fraction of sp³-hybridized carbons (Fsp3) is 0.643. The highest BCUT2D eigenvalue weighted by Crippen LogP contribution is 2.34. The molecule has 2 heterocycles. The van der Waals surface area contributed by atoms with E-state index in [0.29, 0.717) is 18.8 Å². The number of likely N-dealkylation sites (tertiary alicyclic amines) is 1. The lowest BCUT2D eigenvalue weighted by atomic mass is 10.0. The molecular formula is C14H19N5O2. The van der Waals surface area contributed by atoms with Gasteiger partial charge in [-0.25, -0.2) is 0 Å². The number of aliphatic hydroxyl groups excluding tert-OH is 1. The third kappa shape index (κ3) is 2.75. The standard InChI is InChI=1S/C14H19N5O2/c1-18-12-6-13(20)19(7-9-2-3-9)8-10(12)4-5-11(14(18)21)16-17-15/h6,8-9,11,13,20H,2-5,7H2,1H3.